The number of hydrogen-bond acceptors (Lipinski definition) is 0. The molecule has 0 heteroatoms. The van der Waals surface area contributed by atoms with Crippen molar-refractivity contribution < 1.29 is 0 Å². The summed E-state index contributed by atoms with van der Waals surface area (Å²) in [4.78, 5) is 0. The molecule has 14 heavy (non-hydrogen) atoms. The van der Waals surface area contributed by atoms with Crippen LogP contribution in [0, 0.1) is 0 Å². The molecule has 0 aliphatic heterocycles. The molecule has 0 nitrogen and oxygen atoms in total. The van der Waals surface area contributed by atoms with E-state index in [9.17, 15) is 0 Å². The fourth-order valence-corrected chi connectivity index (χ4v) is 2.00. The minimum absolute atomic E-state index is 1.28. The molecule has 1 rings (SSSR count). The molecule has 0 saturated heterocycles. The van der Waals surface area contributed by atoms with Crippen LogP contribution in [0.25, 0.3) is 0 Å². The third-order valence-electron chi connectivity index (χ3n) is 2.93. The van der Waals surface area contributed by atoms with Crippen molar-refractivity contribution in [3.63, 3.8) is 0 Å². The van der Waals surface area contributed by atoms with E-state index in [4.69, 9.17) is 0 Å². The highest BCUT2D eigenvalue weighted by Crippen LogP contribution is 2.30. The molecule has 0 unspecified atom stereocenters. The van der Waals surface area contributed by atoms with Crippen LogP contribution in [0.1, 0.15) is 65.2 Å². The lowest BCUT2D eigenvalue weighted by molar-refractivity contribution is 0.807. The van der Waals surface area contributed by atoms with Crippen molar-refractivity contribution in [2.24, 2.45) is 0 Å². The fourth-order valence-electron chi connectivity index (χ4n) is 2.00. The molecular formula is C14H24. The van der Waals surface area contributed by atoms with E-state index in [1.54, 1.807) is 11.1 Å². The van der Waals surface area contributed by atoms with Gasteiger partial charge in [0.2, 0.25) is 0 Å². The third-order valence-corrected chi connectivity index (χ3v) is 2.93. The van der Waals surface area contributed by atoms with Crippen LogP contribution in [0.5, 0.6) is 0 Å². The van der Waals surface area contributed by atoms with E-state index in [1.165, 1.54) is 51.4 Å². The van der Waals surface area contributed by atoms with E-state index in [0.29, 0.717) is 0 Å². The summed E-state index contributed by atoms with van der Waals surface area (Å²) in [6, 6.07) is 0. The normalized spacial score (nSPS) is 22.4. The predicted octanol–water partition coefficient (Wildman–Crippen LogP) is 5.01. The second-order valence-corrected chi connectivity index (χ2v) is 4.33. The van der Waals surface area contributed by atoms with Gasteiger partial charge < -0.3 is 0 Å². The van der Waals surface area contributed by atoms with Crippen LogP contribution in [0.3, 0.4) is 0 Å². The molecule has 0 atom stereocenters. The van der Waals surface area contributed by atoms with E-state index >= 15 is 0 Å². The first kappa shape index (κ1) is 11.6. The Morgan fingerprint density at radius 1 is 0.929 bits per heavy atom. The molecule has 80 valence electrons. The standard InChI is InChI=1S/C14H24/c1-3-5-7-9-14-11-10-13(12-14)8-6-4-2/h8-9H,3-7,10-12H2,1-2H3/b13-8-,14-9-. The van der Waals surface area contributed by atoms with E-state index in [0.717, 1.165) is 0 Å². The molecule has 0 heterocycles. The molecule has 1 aliphatic carbocycles. The van der Waals surface area contributed by atoms with Crippen LogP contribution < -0.4 is 0 Å². The second-order valence-electron chi connectivity index (χ2n) is 4.33. The number of unbranched alkanes of at least 4 members (excludes halogenated alkanes) is 3. The Bertz CT molecular complexity index is 208. The zero-order valence-electron chi connectivity index (χ0n) is 9.81. The molecule has 0 radical (unpaired) electrons. The SMILES string of the molecule is CCC/C=C1/CC/C(=C/CCCC)C1. The second kappa shape index (κ2) is 6.86. The van der Waals surface area contributed by atoms with Gasteiger partial charge in [-0.2, -0.15) is 0 Å². The van der Waals surface area contributed by atoms with Crippen molar-refractivity contribution in [3.05, 3.63) is 23.3 Å². The molecule has 0 N–H and O–H groups in total. The summed E-state index contributed by atoms with van der Waals surface area (Å²) < 4.78 is 0. The summed E-state index contributed by atoms with van der Waals surface area (Å²) in [6.07, 6.45) is 15.4. The minimum Gasteiger partial charge on any atom is -0.0850 e. The van der Waals surface area contributed by atoms with Crippen LogP contribution in [0.15, 0.2) is 23.3 Å². The van der Waals surface area contributed by atoms with Gasteiger partial charge in [-0.3, -0.25) is 0 Å². The molecule has 0 bridgehead atoms. The summed E-state index contributed by atoms with van der Waals surface area (Å²) >= 11 is 0. The van der Waals surface area contributed by atoms with Crippen molar-refractivity contribution in [1.29, 1.82) is 0 Å². The van der Waals surface area contributed by atoms with Crippen molar-refractivity contribution >= 4 is 0 Å². The monoisotopic (exact) mass is 192 g/mol. The van der Waals surface area contributed by atoms with Crippen molar-refractivity contribution in [1.82, 2.24) is 0 Å². The van der Waals surface area contributed by atoms with E-state index in [2.05, 4.69) is 26.0 Å². The Labute approximate surface area is 89.1 Å². The molecule has 0 aromatic rings. The van der Waals surface area contributed by atoms with Crippen LogP contribution in [0.4, 0.5) is 0 Å². The summed E-state index contributed by atoms with van der Waals surface area (Å²) in [6.45, 7) is 4.52. The minimum atomic E-state index is 1.28. The number of allylic oxidation sites excluding steroid dienone is 4. The van der Waals surface area contributed by atoms with Gasteiger partial charge in [0.15, 0.2) is 0 Å². The summed E-state index contributed by atoms with van der Waals surface area (Å²) in [5.74, 6) is 0. The molecule has 1 saturated carbocycles. The Hall–Kier alpha value is -0.520. The lowest BCUT2D eigenvalue weighted by Crippen LogP contribution is -1.75. The third kappa shape index (κ3) is 4.13. The summed E-state index contributed by atoms with van der Waals surface area (Å²) in [5, 5.41) is 0. The Morgan fingerprint density at radius 2 is 1.57 bits per heavy atom. The molecule has 0 aromatic heterocycles. The van der Waals surface area contributed by atoms with Gasteiger partial charge in [-0.15, -0.1) is 0 Å². The van der Waals surface area contributed by atoms with Crippen LogP contribution in [-0.4, -0.2) is 0 Å². The van der Waals surface area contributed by atoms with Crippen LogP contribution in [0.2, 0.25) is 0 Å². The van der Waals surface area contributed by atoms with E-state index < -0.39 is 0 Å². The predicted molar refractivity (Wildman–Crippen MR) is 64.5 cm³/mol. The van der Waals surface area contributed by atoms with Crippen molar-refractivity contribution in [2.75, 3.05) is 0 Å². The van der Waals surface area contributed by atoms with Gasteiger partial charge in [0.25, 0.3) is 0 Å². The maximum atomic E-state index is 2.48. The molecule has 0 spiro atoms. The van der Waals surface area contributed by atoms with Gasteiger partial charge in [-0.1, -0.05) is 56.4 Å². The van der Waals surface area contributed by atoms with Gasteiger partial charge in [-0.25, -0.2) is 0 Å². The first-order chi connectivity index (χ1) is 6.86. The van der Waals surface area contributed by atoms with Gasteiger partial charge in [0.1, 0.15) is 0 Å². The smallest absolute Gasteiger partial charge is 0.0108 e. The van der Waals surface area contributed by atoms with Gasteiger partial charge in [0, 0.05) is 0 Å². The lowest BCUT2D eigenvalue weighted by Gasteiger charge is -1.95. The van der Waals surface area contributed by atoms with E-state index in [1.807, 2.05) is 0 Å². The molecular weight excluding hydrogens is 168 g/mol. The average molecular weight is 192 g/mol. The quantitative estimate of drug-likeness (QED) is 0.424. The molecule has 1 fully saturated rings. The van der Waals surface area contributed by atoms with Gasteiger partial charge >= 0.3 is 0 Å². The van der Waals surface area contributed by atoms with E-state index in [-0.39, 0.29) is 0 Å². The van der Waals surface area contributed by atoms with Gasteiger partial charge in [0.05, 0.1) is 0 Å². The van der Waals surface area contributed by atoms with Crippen LogP contribution >= 0.6 is 0 Å². The van der Waals surface area contributed by atoms with Crippen molar-refractivity contribution in [2.45, 2.75) is 65.2 Å². The highest BCUT2D eigenvalue weighted by atomic mass is 14.2. The fraction of sp³-hybridized carbons (Fsp3) is 0.714. The number of rotatable bonds is 5. The Kier molecular flexibility index (Phi) is 5.66. The first-order valence-electron chi connectivity index (χ1n) is 6.22. The molecule has 0 amide bonds. The van der Waals surface area contributed by atoms with Crippen LogP contribution in [-0.2, 0) is 0 Å². The summed E-state index contributed by atoms with van der Waals surface area (Å²) in [7, 11) is 0. The highest BCUT2D eigenvalue weighted by Gasteiger charge is 2.10. The Morgan fingerprint density at radius 3 is 2.14 bits per heavy atom. The Balaban J connectivity index is 2.29. The molecule has 0 aromatic carbocycles. The topological polar surface area (TPSA) is 0 Å². The highest BCUT2D eigenvalue weighted by molar-refractivity contribution is 5.23. The van der Waals surface area contributed by atoms with Crippen molar-refractivity contribution in [3.8, 4) is 0 Å². The maximum Gasteiger partial charge on any atom is -0.0108 e. The molecule has 1 aliphatic rings. The average Bonchev–Trinajstić information content (AvgIpc) is 2.63. The number of hydrogen-bond donors (Lipinski definition) is 0. The lowest BCUT2D eigenvalue weighted by atomic mass is 10.1. The maximum absolute atomic E-state index is 2.48. The largest absolute Gasteiger partial charge is 0.0850 e. The zero-order chi connectivity index (χ0) is 10.2. The van der Waals surface area contributed by atoms with Gasteiger partial charge in [-0.05, 0) is 32.1 Å². The first-order valence-corrected chi connectivity index (χ1v) is 6.22. The zero-order valence-corrected chi connectivity index (χ0v) is 9.81. The summed E-state index contributed by atoms with van der Waals surface area (Å²) in [5.41, 5.74) is 3.38.